The van der Waals surface area contributed by atoms with Crippen molar-refractivity contribution in [3.8, 4) is 0 Å². The zero-order chi connectivity index (χ0) is 11.7. The lowest BCUT2D eigenvalue weighted by atomic mass is 10.1. The van der Waals surface area contributed by atoms with Crippen LogP contribution in [0.2, 0.25) is 0 Å². The molecule has 16 heavy (non-hydrogen) atoms. The summed E-state index contributed by atoms with van der Waals surface area (Å²) in [5.74, 6) is -0.159. The molecule has 1 aliphatic heterocycles. The molecule has 1 aromatic carbocycles. The summed E-state index contributed by atoms with van der Waals surface area (Å²) in [5.41, 5.74) is 1.72. The predicted octanol–water partition coefficient (Wildman–Crippen LogP) is 2.64. The molecule has 1 saturated heterocycles. The minimum Gasteiger partial charge on any atom is -0.379 e. The van der Waals surface area contributed by atoms with Gasteiger partial charge >= 0.3 is 0 Å². The van der Waals surface area contributed by atoms with Crippen LogP contribution < -0.4 is 5.32 Å². The normalized spacial score (nSPS) is 26.0. The summed E-state index contributed by atoms with van der Waals surface area (Å²) in [5, 5.41) is 3.29. The lowest BCUT2D eigenvalue weighted by Gasteiger charge is -2.15. The molecule has 1 aromatic rings. The topological polar surface area (TPSA) is 15.3 Å². The van der Waals surface area contributed by atoms with Crippen LogP contribution in [0.3, 0.4) is 0 Å². The number of hydrogen-bond acceptors (Lipinski definition) is 2. The summed E-state index contributed by atoms with van der Waals surface area (Å²) in [6, 6.07) is 6.13. The van der Waals surface area contributed by atoms with Crippen molar-refractivity contribution in [1.82, 2.24) is 4.90 Å². The van der Waals surface area contributed by atoms with Crippen LogP contribution in [-0.4, -0.2) is 30.6 Å². The molecule has 0 aliphatic carbocycles. The molecule has 0 aromatic heterocycles. The predicted molar refractivity (Wildman–Crippen MR) is 65.3 cm³/mol. The summed E-state index contributed by atoms with van der Waals surface area (Å²) in [7, 11) is 2.11. The third kappa shape index (κ3) is 2.35. The van der Waals surface area contributed by atoms with Gasteiger partial charge in [-0.25, -0.2) is 4.39 Å². The minimum absolute atomic E-state index is 0.159. The first-order chi connectivity index (χ1) is 7.56. The summed E-state index contributed by atoms with van der Waals surface area (Å²) in [4.78, 5) is 2.30. The average Bonchev–Trinajstić information content (AvgIpc) is 2.52. The Kier molecular flexibility index (Phi) is 3.15. The smallest absolute Gasteiger partial charge is 0.146 e. The SMILES string of the molecule is Cc1ccc(F)c(NC2CC(C)N(C)C2)c1. The van der Waals surface area contributed by atoms with Crippen molar-refractivity contribution in [2.75, 3.05) is 18.9 Å². The fourth-order valence-corrected chi connectivity index (χ4v) is 2.27. The molecule has 0 bridgehead atoms. The van der Waals surface area contributed by atoms with E-state index in [1.54, 1.807) is 6.07 Å². The molecular weight excluding hydrogens is 203 g/mol. The van der Waals surface area contributed by atoms with Gasteiger partial charge in [0, 0.05) is 18.6 Å². The number of halogens is 1. The van der Waals surface area contributed by atoms with Gasteiger partial charge in [-0.2, -0.15) is 0 Å². The highest BCUT2D eigenvalue weighted by atomic mass is 19.1. The molecule has 1 aliphatic rings. The van der Waals surface area contributed by atoms with Crippen molar-refractivity contribution in [3.63, 3.8) is 0 Å². The first-order valence-electron chi connectivity index (χ1n) is 5.79. The summed E-state index contributed by atoms with van der Waals surface area (Å²) >= 11 is 0. The summed E-state index contributed by atoms with van der Waals surface area (Å²) in [6.07, 6.45) is 1.07. The van der Waals surface area contributed by atoms with E-state index in [0.717, 1.165) is 18.5 Å². The van der Waals surface area contributed by atoms with E-state index in [-0.39, 0.29) is 5.82 Å². The number of likely N-dealkylation sites (tertiary alicyclic amines) is 1. The van der Waals surface area contributed by atoms with Gasteiger partial charge in [0.15, 0.2) is 0 Å². The van der Waals surface area contributed by atoms with E-state index in [4.69, 9.17) is 0 Å². The molecule has 1 N–H and O–H groups in total. The van der Waals surface area contributed by atoms with Crippen molar-refractivity contribution >= 4 is 5.69 Å². The highest BCUT2D eigenvalue weighted by Gasteiger charge is 2.26. The standard InChI is InChI=1S/C13H19FN2/c1-9-4-5-12(14)13(6-9)15-11-7-10(2)16(3)8-11/h4-6,10-11,15H,7-8H2,1-3H3. The highest BCUT2D eigenvalue weighted by Crippen LogP contribution is 2.22. The molecule has 0 spiro atoms. The third-order valence-corrected chi connectivity index (χ3v) is 3.37. The molecule has 0 amide bonds. The fraction of sp³-hybridized carbons (Fsp3) is 0.538. The van der Waals surface area contributed by atoms with E-state index in [1.807, 2.05) is 13.0 Å². The van der Waals surface area contributed by atoms with Gasteiger partial charge in [0.1, 0.15) is 5.82 Å². The van der Waals surface area contributed by atoms with Crippen molar-refractivity contribution in [3.05, 3.63) is 29.6 Å². The molecule has 2 atom stereocenters. The maximum Gasteiger partial charge on any atom is 0.146 e. The highest BCUT2D eigenvalue weighted by molar-refractivity contribution is 5.48. The van der Waals surface area contributed by atoms with Crippen LogP contribution in [0.4, 0.5) is 10.1 Å². The zero-order valence-corrected chi connectivity index (χ0v) is 10.1. The molecule has 0 saturated carbocycles. The maximum atomic E-state index is 13.5. The Balaban J connectivity index is 2.07. The third-order valence-electron chi connectivity index (χ3n) is 3.37. The van der Waals surface area contributed by atoms with Crippen LogP contribution in [0.25, 0.3) is 0 Å². The maximum absolute atomic E-state index is 13.5. The van der Waals surface area contributed by atoms with Crippen molar-refractivity contribution in [2.24, 2.45) is 0 Å². The van der Waals surface area contributed by atoms with Crippen molar-refractivity contribution in [1.29, 1.82) is 0 Å². The second-order valence-corrected chi connectivity index (χ2v) is 4.85. The number of aryl methyl sites for hydroxylation is 1. The first kappa shape index (κ1) is 11.4. The molecule has 1 fully saturated rings. The Morgan fingerprint density at radius 1 is 1.44 bits per heavy atom. The number of hydrogen-bond donors (Lipinski definition) is 1. The molecule has 2 unspecified atom stereocenters. The Morgan fingerprint density at radius 3 is 2.81 bits per heavy atom. The quantitative estimate of drug-likeness (QED) is 0.827. The number of nitrogens with zero attached hydrogens (tertiary/aromatic N) is 1. The van der Waals surface area contributed by atoms with Gasteiger partial charge in [-0.05, 0) is 45.0 Å². The summed E-state index contributed by atoms with van der Waals surface area (Å²) < 4.78 is 13.5. The molecule has 88 valence electrons. The Labute approximate surface area is 96.5 Å². The van der Waals surface area contributed by atoms with Crippen molar-refractivity contribution in [2.45, 2.75) is 32.4 Å². The zero-order valence-electron chi connectivity index (χ0n) is 10.1. The number of rotatable bonds is 2. The number of anilines is 1. The summed E-state index contributed by atoms with van der Waals surface area (Å²) in [6.45, 7) is 5.16. The van der Waals surface area contributed by atoms with E-state index in [9.17, 15) is 4.39 Å². The van der Waals surface area contributed by atoms with Crippen LogP contribution in [-0.2, 0) is 0 Å². The van der Waals surface area contributed by atoms with Gasteiger partial charge in [-0.3, -0.25) is 0 Å². The number of nitrogens with one attached hydrogen (secondary N) is 1. The molecular formula is C13H19FN2. The van der Waals surface area contributed by atoms with E-state index in [0.29, 0.717) is 17.8 Å². The lowest BCUT2D eigenvalue weighted by molar-refractivity contribution is 0.330. The number of likely N-dealkylation sites (N-methyl/N-ethyl adjacent to an activating group) is 1. The Hall–Kier alpha value is -1.09. The Morgan fingerprint density at radius 2 is 2.19 bits per heavy atom. The monoisotopic (exact) mass is 222 g/mol. The van der Waals surface area contributed by atoms with Gasteiger partial charge in [0.05, 0.1) is 5.69 Å². The largest absolute Gasteiger partial charge is 0.379 e. The molecule has 1 heterocycles. The fourth-order valence-electron chi connectivity index (χ4n) is 2.27. The lowest BCUT2D eigenvalue weighted by Crippen LogP contribution is -2.25. The van der Waals surface area contributed by atoms with Crippen LogP contribution >= 0.6 is 0 Å². The van der Waals surface area contributed by atoms with Gasteiger partial charge in [0.2, 0.25) is 0 Å². The van der Waals surface area contributed by atoms with Crippen LogP contribution in [0.1, 0.15) is 18.9 Å². The van der Waals surface area contributed by atoms with Crippen LogP contribution in [0, 0.1) is 12.7 Å². The van der Waals surface area contributed by atoms with Crippen LogP contribution in [0.5, 0.6) is 0 Å². The second-order valence-electron chi connectivity index (χ2n) is 4.85. The molecule has 2 nitrogen and oxygen atoms in total. The van der Waals surface area contributed by atoms with Gasteiger partial charge in [-0.1, -0.05) is 6.07 Å². The average molecular weight is 222 g/mol. The minimum atomic E-state index is -0.159. The van der Waals surface area contributed by atoms with E-state index >= 15 is 0 Å². The van der Waals surface area contributed by atoms with Gasteiger partial charge < -0.3 is 10.2 Å². The van der Waals surface area contributed by atoms with E-state index in [2.05, 4.69) is 24.2 Å². The molecule has 3 heteroatoms. The van der Waals surface area contributed by atoms with Gasteiger partial charge in [-0.15, -0.1) is 0 Å². The second kappa shape index (κ2) is 4.42. The van der Waals surface area contributed by atoms with E-state index < -0.39 is 0 Å². The van der Waals surface area contributed by atoms with E-state index in [1.165, 1.54) is 6.07 Å². The number of benzene rings is 1. The van der Waals surface area contributed by atoms with Gasteiger partial charge in [0.25, 0.3) is 0 Å². The first-order valence-corrected chi connectivity index (χ1v) is 5.79. The Bertz CT molecular complexity index is 368. The molecule has 2 rings (SSSR count). The molecule has 0 radical (unpaired) electrons. The van der Waals surface area contributed by atoms with Crippen LogP contribution in [0.15, 0.2) is 18.2 Å². The van der Waals surface area contributed by atoms with Crippen molar-refractivity contribution < 1.29 is 4.39 Å².